The third kappa shape index (κ3) is 4.81. The maximum absolute atomic E-state index is 13.0. The molecule has 1 heterocycles. The Morgan fingerprint density at radius 2 is 1.47 bits per heavy atom. The van der Waals surface area contributed by atoms with Crippen LogP contribution in [0, 0.1) is 6.92 Å². The molecular formula is C26H25N3O3. The van der Waals surface area contributed by atoms with Crippen molar-refractivity contribution in [3.05, 3.63) is 107 Å². The van der Waals surface area contributed by atoms with Crippen LogP contribution in [-0.2, 0) is 7.05 Å². The zero-order chi connectivity index (χ0) is 22.3. The molecule has 0 saturated carbocycles. The van der Waals surface area contributed by atoms with E-state index in [0.717, 1.165) is 28.4 Å². The van der Waals surface area contributed by atoms with Crippen LogP contribution in [0.25, 0.3) is 5.69 Å². The van der Waals surface area contributed by atoms with Gasteiger partial charge in [0.2, 0.25) is 0 Å². The third-order valence-corrected chi connectivity index (χ3v) is 5.09. The largest absolute Gasteiger partial charge is 0.490 e. The van der Waals surface area contributed by atoms with Crippen molar-refractivity contribution in [2.24, 2.45) is 12.0 Å². The second-order valence-electron chi connectivity index (χ2n) is 7.25. The van der Waals surface area contributed by atoms with Crippen molar-refractivity contribution in [3.63, 3.8) is 0 Å². The zero-order valence-corrected chi connectivity index (χ0v) is 18.1. The number of rotatable bonds is 8. The van der Waals surface area contributed by atoms with Crippen LogP contribution >= 0.6 is 0 Å². The topological polar surface area (TPSA) is 57.8 Å². The summed E-state index contributed by atoms with van der Waals surface area (Å²) >= 11 is 0. The number of aliphatic imine (C=N–C) groups is 1. The van der Waals surface area contributed by atoms with Crippen molar-refractivity contribution in [3.8, 4) is 17.2 Å². The minimum Gasteiger partial charge on any atom is -0.490 e. The first-order valence-corrected chi connectivity index (χ1v) is 10.4. The number of hydrogen-bond donors (Lipinski definition) is 0. The Hall–Kier alpha value is -4.06. The van der Waals surface area contributed by atoms with Crippen LogP contribution in [0.2, 0.25) is 0 Å². The summed E-state index contributed by atoms with van der Waals surface area (Å²) in [4.78, 5) is 17.5. The molecule has 0 atom stereocenters. The Morgan fingerprint density at radius 3 is 2.19 bits per heavy atom. The summed E-state index contributed by atoms with van der Waals surface area (Å²) in [5.74, 6) is 1.54. The average Bonchev–Trinajstić information content (AvgIpc) is 3.04. The number of ether oxygens (including phenoxy) is 2. The van der Waals surface area contributed by atoms with E-state index in [2.05, 4.69) is 4.99 Å². The molecule has 0 unspecified atom stereocenters. The highest BCUT2D eigenvalue weighted by atomic mass is 16.5. The van der Waals surface area contributed by atoms with Gasteiger partial charge in [-0.15, -0.1) is 0 Å². The third-order valence-electron chi connectivity index (χ3n) is 5.09. The summed E-state index contributed by atoms with van der Waals surface area (Å²) in [5.41, 5.74) is 2.70. The standard InChI is InChI=1S/C26H25N3O3/c1-20-25(26(30)29(28(20)2)22-11-5-3-6-12-22)27-19-21-10-9-15-24(18-21)32-17-16-31-23-13-7-4-8-14-23/h3-15,18-19H,16-17H2,1-2H3. The molecule has 0 aliphatic carbocycles. The minimum atomic E-state index is -0.155. The van der Waals surface area contributed by atoms with E-state index in [1.165, 1.54) is 0 Å². The molecule has 4 aromatic rings. The lowest BCUT2D eigenvalue weighted by Gasteiger charge is -2.08. The Kier molecular flexibility index (Phi) is 6.51. The van der Waals surface area contributed by atoms with Gasteiger partial charge in [-0.1, -0.05) is 48.5 Å². The molecule has 0 aliphatic heterocycles. The van der Waals surface area contributed by atoms with Crippen molar-refractivity contribution in [2.45, 2.75) is 6.92 Å². The Balaban J connectivity index is 1.45. The van der Waals surface area contributed by atoms with Crippen molar-refractivity contribution < 1.29 is 9.47 Å². The number of nitrogens with zero attached hydrogens (tertiary/aromatic N) is 3. The van der Waals surface area contributed by atoms with Gasteiger partial charge in [0.1, 0.15) is 24.7 Å². The van der Waals surface area contributed by atoms with Gasteiger partial charge in [0, 0.05) is 13.3 Å². The molecule has 0 saturated heterocycles. The Labute approximate surface area is 187 Å². The van der Waals surface area contributed by atoms with Crippen LogP contribution in [0.5, 0.6) is 11.5 Å². The van der Waals surface area contributed by atoms with Gasteiger partial charge in [-0.3, -0.25) is 9.48 Å². The molecule has 0 spiro atoms. The molecule has 0 N–H and O–H groups in total. The Bertz CT molecular complexity index is 1260. The van der Waals surface area contributed by atoms with Crippen LogP contribution in [0.15, 0.2) is 94.7 Å². The Morgan fingerprint density at radius 1 is 0.844 bits per heavy atom. The quantitative estimate of drug-likeness (QED) is 0.303. The molecule has 0 amide bonds. The summed E-state index contributed by atoms with van der Waals surface area (Å²) in [6, 6.07) is 26.8. The number of aromatic nitrogens is 2. The van der Waals surface area contributed by atoms with E-state index in [1.807, 2.05) is 104 Å². The molecule has 4 rings (SSSR count). The van der Waals surface area contributed by atoms with Crippen molar-refractivity contribution in [1.29, 1.82) is 0 Å². The lowest BCUT2D eigenvalue weighted by Crippen LogP contribution is -2.19. The van der Waals surface area contributed by atoms with Crippen LogP contribution in [0.4, 0.5) is 5.69 Å². The summed E-state index contributed by atoms with van der Waals surface area (Å²) in [7, 11) is 1.86. The van der Waals surface area contributed by atoms with Crippen LogP contribution in [0.1, 0.15) is 11.3 Å². The van der Waals surface area contributed by atoms with Gasteiger partial charge in [-0.2, -0.15) is 0 Å². The second-order valence-corrected chi connectivity index (χ2v) is 7.25. The zero-order valence-electron chi connectivity index (χ0n) is 18.1. The minimum absolute atomic E-state index is 0.155. The van der Waals surface area contributed by atoms with Crippen LogP contribution in [-0.4, -0.2) is 28.8 Å². The van der Waals surface area contributed by atoms with Gasteiger partial charge >= 0.3 is 0 Å². The molecule has 32 heavy (non-hydrogen) atoms. The first kappa shape index (κ1) is 21.2. The lowest BCUT2D eigenvalue weighted by molar-refractivity contribution is 0.217. The van der Waals surface area contributed by atoms with E-state index in [1.54, 1.807) is 10.9 Å². The molecule has 6 nitrogen and oxygen atoms in total. The highest BCUT2D eigenvalue weighted by Gasteiger charge is 2.14. The van der Waals surface area contributed by atoms with Gasteiger partial charge in [-0.05, 0) is 48.9 Å². The fourth-order valence-electron chi connectivity index (χ4n) is 3.36. The number of para-hydroxylation sites is 2. The molecule has 162 valence electrons. The summed E-state index contributed by atoms with van der Waals surface area (Å²) in [6.45, 7) is 2.76. The normalized spacial score (nSPS) is 11.1. The molecule has 0 aliphatic rings. The molecule has 1 aromatic heterocycles. The van der Waals surface area contributed by atoms with E-state index in [9.17, 15) is 4.79 Å². The summed E-state index contributed by atoms with van der Waals surface area (Å²) < 4.78 is 14.9. The van der Waals surface area contributed by atoms with Gasteiger partial charge in [-0.25, -0.2) is 9.67 Å². The second kappa shape index (κ2) is 9.83. The van der Waals surface area contributed by atoms with E-state index in [4.69, 9.17) is 9.47 Å². The number of benzene rings is 3. The van der Waals surface area contributed by atoms with E-state index < -0.39 is 0 Å². The molecule has 6 heteroatoms. The van der Waals surface area contributed by atoms with E-state index in [-0.39, 0.29) is 5.56 Å². The van der Waals surface area contributed by atoms with E-state index >= 15 is 0 Å². The molecular weight excluding hydrogens is 402 g/mol. The first-order valence-electron chi connectivity index (χ1n) is 10.4. The van der Waals surface area contributed by atoms with E-state index in [0.29, 0.717) is 18.9 Å². The van der Waals surface area contributed by atoms with Gasteiger partial charge in [0.25, 0.3) is 5.56 Å². The molecule has 0 bridgehead atoms. The summed E-state index contributed by atoms with van der Waals surface area (Å²) in [5, 5.41) is 0. The maximum Gasteiger partial charge on any atom is 0.297 e. The fraction of sp³-hybridized carbons (Fsp3) is 0.154. The van der Waals surface area contributed by atoms with Crippen LogP contribution in [0.3, 0.4) is 0 Å². The highest BCUT2D eigenvalue weighted by Crippen LogP contribution is 2.18. The number of hydrogen-bond acceptors (Lipinski definition) is 4. The molecule has 0 fully saturated rings. The van der Waals surface area contributed by atoms with Crippen molar-refractivity contribution in [1.82, 2.24) is 9.36 Å². The first-order chi connectivity index (χ1) is 15.6. The fourth-order valence-corrected chi connectivity index (χ4v) is 3.36. The predicted octanol–water partition coefficient (Wildman–Crippen LogP) is 4.69. The smallest absolute Gasteiger partial charge is 0.297 e. The van der Waals surface area contributed by atoms with Crippen molar-refractivity contribution >= 4 is 11.9 Å². The molecule has 0 radical (unpaired) electrons. The summed E-state index contributed by atoms with van der Waals surface area (Å²) in [6.07, 6.45) is 1.69. The average molecular weight is 428 g/mol. The lowest BCUT2D eigenvalue weighted by atomic mass is 10.2. The maximum atomic E-state index is 13.0. The van der Waals surface area contributed by atoms with Gasteiger partial charge in [0.05, 0.1) is 11.4 Å². The molecule has 3 aromatic carbocycles. The SMILES string of the molecule is Cc1c(N=Cc2cccc(OCCOc3ccccc3)c2)c(=O)n(-c2ccccc2)n1C. The van der Waals surface area contributed by atoms with Gasteiger partial charge in [0.15, 0.2) is 5.69 Å². The van der Waals surface area contributed by atoms with Gasteiger partial charge < -0.3 is 9.47 Å². The van der Waals surface area contributed by atoms with Crippen LogP contribution < -0.4 is 15.0 Å². The monoisotopic (exact) mass is 427 g/mol. The van der Waals surface area contributed by atoms with Crippen molar-refractivity contribution in [2.75, 3.05) is 13.2 Å². The predicted molar refractivity (Wildman–Crippen MR) is 127 cm³/mol. The highest BCUT2D eigenvalue weighted by molar-refractivity contribution is 5.82.